The molecule has 3 N–H and O–H groups in total. The fraction of sp³-hybridized carbons (Fsp3) is 0.500. The van der Waals surface area contributed by atoms with Crippen molar-refractivity contribution in [2.45, 2.75) is 12.5 Å². The minimum atomic E-state index is -0.658. The van der Waals surface area contributed by atoms with Gasteiger partial charge in [0, 0.05) is 5.69 Å². The molecule has 10 heteroatoms. The predicted octanol–water partition coefficient (Wildman–Crippen LogP) is -2.46. The Morgan fingerprint density at radius 3 is 1.90 bits per heavy atom. The standard InChI is InChI=1S/C20H27N3O7/c1-22-5-7-23(8-6-22)16(12-17(24)28-2)18(25)21-15-10-13(19(26)29-3)9-14(11-15)20(27)30-4/h9-11,16H,5-8,12H2,1-4H3,(H,21,25)/p+2/t16-/m1/s1. The molecule has 1 saturated heterocycles. The van der Waals surface area contributed by atoms with Gasteiger partial charge in [-0.05, 0) is 18.2 Å². The molecule has 10 nitrogen and oxygen atoms in total. The monoisotopic (exact) mass is 423 g/mol. The summed E-state index contributed by atoms with van der Waals surface area (Å²) in [6.07, 6.45) is -0.0722. The number of esters is 3. The molecule has 1 aromatic carbocycles. The van der Waals surface area contributed by atoms with Gasteiger partial charge in [0.1, 0.15) is 32.6 Å². The van der Waals surface area contributed by atoms with E-state index in [1.165, 1.54) is 44.4 Å². The zero-order valence-corrected chi connectivity index (χ0v) is 17.7. The molecule has 1 atom stereocenters. The molecular formula is C20H29N3O7+2. The predicted molar refractivity (Wildman–Crippen MR) is 105 cm³/mol. The van der Waals surface area contributed by atoms with Crippen molar-refractivity contribution in [3.05, 3.63) is 29.3 Å². The van der Waals surface area contributed by atoms with Gasteiger partial charge in [-0.3, -0.25) is 9.59 Å². The van der Waals surface area contributed by atoms with Gasteiger partial charge in [0.15, 0.2) is 6.04 Å². The van der Waals surface area contributed by atoms with Crippen LogP contribution in [-0.4, -0.2) is 84.4 Å². The highest BCUT2D eigenvalue weighted by Crippen LogP contribution is 2.17. The van der Waals surface area contributed by atoms with Crippen molar-refractivity contribution in [3.8, 4) is 0 Å². The Hall–Kier alpha value is -2.98. The third-order valence-corrected chi connectivity index (χ3v) is 5.20. The van der Waals surface area contributed by atoms with Crippen LogP contribution < -0.4 is 15.1 Å². The third kappa shape index (κ3) is 6.01. The van der Waals surface area contributed by atoms with E-state index in [1.807, 2.05) is 0 Å². The lowest BCUT2D eigenvalue weighted by atomic mass is 10.1. The van der Waals surface area contributed by atoms with Crippen LogP contribution in [0.3, 0.4) is 0 Å². The van der Waals surface area contributed by atoms with E-state index >= 15 is 0 Å². The van der Waals surface area contributed by atoms with E-state index in [4.69, 9.17) is 14.2 Å². The fourth-order valence-electron chi connectivity index (χ4n) is 3.42. The summed E-state index contributed by atoms with van der Waals surface area (Å²) in [4.78, 5) is 51.2. The van der Waals surface area contributed by atoms with Crippen molar-refractivity contribution >= 4 is 29.5 Å². The van der Waals surface area contributed by atoms with Gasteiger partial charge in [-0.15, -0.1) is 0 Å². The number of piperazine rings is 1. The number of benzene rings is 1. The van der Waals surface area contributed by atoms with Crippen LogP contribution in [0.1, 0.15) is 27.1 Å². The number of methoxy groups -OCH3 is 3. The second kappa shape index (κ2) is 10.7. The lowest BCUT2D eigenvalue weighted by Crippen LogP contribution is -3.29. The van der Waals surface area contributed by atoms with E-state index in [0.29, 0.717) is 0 Å². The maximum Gasteiger partial charge on any atom is 0.337 e. The van der Waals surface area contributed by atoms with Crippen molar-refractivity contribution in [1.29, 1.82) is 0 Å². The summed E-state index contributed by atoms with van der Waals surface area (Å²) in [5.74, 6) is -2.19. The first-order valence-corrected chi connectivity index (χ1v) is 9.64. The minimum Gasteiger partial charge on any atom is -0.469 e. The lowest BCUT2D eigenvalue weighted by Gasteiger charge is -2.32. The molecule has 1 fully saturated rings. The van der Waals surface area contributed by atoms with Gasteiger partial charge in [-0.2, -0.15) is 0 Å². The average Bonchev–Trinajstić information content (AvgIpc) is 2.76. The molecule has 2 rings (SSSR count). The molecule has 164 valence electrons. The number of carbonyl (C=O) groups is 4. The molecule has 1 aliphatic rings. The first-order valence-electron chi connectivity index (χ1n) is 9.64. The van der Waals surface area contributed by atoms with Crippen LogP contribution in [0.4, 0.5) is 5.69 Å². The highest BCUT2D eigenvalue weighted by molar-refractivity contribution is 6.01. The zero-order chi connectivity index (χ0) is 22.3. The van der Waals surface area contributed by atoms with E-state index in [0.717, 1.165) is 31.1 Å². The number of rotatable bonds is 7. The van der Waals surface area contributed by atoms with Crippen molar-refractivity contribution in [2.24, 2.45) is 0 Å². The molecular weight excluding hydrogens is 394 g/mol. The van der Waals surface area contributed by atoms with Crippen LogP contribution >= 0.6 is 0 Å². The second-order valence-corrected chi connectivity index (χ2v) is 7.22. The van der Waals surface area contributed by atoms with Crippen LogP contribution in [0.5, 0.6) is 0 Å². The molecule has 0 radical (unpaired) electrons. The molecule has 0 aliphatic carbocycles. The number of amides is 1. The number of quaternary nitrogens is 2. The molecule has 0 saturated carbocycles. The van der Waals surface area contributed by atoms with Crippen LogP contribution in [0.25, 0.3) is 0 Å². The van der Waals surface area contributed by atoms with Crippen LogP contribution in [0.2, 0.25) is 0 Å². The first-order chi connectivity index (χ1) is 14.3. The van der Waals surface area contributed by atoms with Crippen LogP contribution in [-0.2, 0) is 23.8 Å². The largest absolute Gasteiger partial charge is 0.469 e. The summed E-state index contributed by atoms with van der Waals surface area (Å²) in [5, 5.41) is 2.73. The van der Waals surface area contributed by atoms with Gasteiger partial charge in [0.25, 0.3) is 5.91 Å². The molecule has 1 aliphatic heterocycles. The van der Waals surface area contributed by atoms with Crippen LogP contribution in [0.15, 0.2) is 18.2 Å². The summed E-state index contributed by atoms with van der Waals surface area (Å²) in [5.41, 5.74) is 0.420. The summed E-state index contributed by atoms with van der Waals surface area (Å²) < 4.78 is 14.2. The quantitative estimate of drug-likeness (QED) is 0.329. The Balaban J connectivity index is 2.29. The minimum absolute atomic E-state index is 0.0722. The Morgan fingerprint density at radius 2 is 1.43 bits per heavy atom. The molecule has 1 aromatic rings. The number of carbonyl (C=O) groups excluding carboxylic acids is 4. The van der Waals surface area contributed by atoms with Gasteiger partial charge in [0.05, 0.1) is 39.5 Å². The van der Waals surface area contributed by atoms with Gasteiger partial charge in [-0.25, -0.2) is 9.59 Å². The smallest absolute Gasteiger partial charge is 0.337 e. The van der Waals surface area contributed by atoms with Gasteiger partial charge >= 0.3 is 17.9 Å². The van der Waals surface area contributed by atoms with E-state index in [-0.39, 0.29) is 23.2 Å². The number of likely N-dealkylation sites (N-methyl/N-ethyl adjacent to an activating group) is 1. The van der Waals surface area contributed by atoms with Gasteiger partial charge in [0.2, 0.25) is 0 Å². The number of hydrogen-bond acceptors (Lipinski definition) is 7. The molecule has 0 unspecified atom stereocenters. The normalized spacial score (nSPS) is 19.3. The average molecular weight is 423 g/mol. The van der Waals surface area contributed by atoms with Crippen LogP contribution in [0, 0.1) is 0 Å². The summed E-state index contributed by atoms with van der Waals surface area (Å²) >= 11 is 0. The SMILES string of the molecule is COC(=O)C[C@H](C(=O)Nc1cc(C(=O)OC)cc(C(=O)OC)c1)[NH+]1CC[NH+](C)CC1. The van der Waals surface area contributed by atoms with E-state index in [9.17, 15) is 19.2 Å². The Morgan fingerprint density at radius 1 is 0.900 bits per heavy atom. The van der Waals surface area contributed by atoms with Gasteiger partial charge < -0.3 is 29.3 Å². The molecule has 0 spiro atoms. The molecule has 0 bridgehead atoms. The van der Waals surface area contributed by atoms with Crippen molar-refractivity contribution < 1.29 is 43.2 Å². The Labute approximate surface area is 175 Å². The Kier molecular flexibility index (Phi) is 8.31. The lowest BCUT2D eigenvalue weighted by molar-refractivity contribution is -1.01. The van der Waals surface area contributed by atoms with E-state index in [2.05, 4.69) is 12.4 Å². The number of anilines is 1. The maximum atomic E-state index is 13.1. The molecule has 30 heavy (non-hydrogen) atoms. The third-order valence-electron chi connectivity index (χ3n) is 5.20. The highest BCUT2D eigenvalue weighted by Gasteiger charge is 2.35. The van der Waals surface area contributed by atoms with Crippen molar-refractivity contribution in [1.82, 2.24) is 0 Å². The summed E-state index contributed by atoms with van der Waals surface area (Å²) in [6, 6.07) is 3.49. The topological polar surface area (TPSA) is 117 Å². The van der Waals surface area contributed by atoms with E-state index < -0.39 is 29.9 Å². The molecule has 0 aromatic heterocycles. The number of hydrogen-bond donors (Lipinski definition) is 3. The molecule has 1 heterocycles. The van der Waals surface area contributed by atoms with E-state index in [1.54, 1.807) is 0 Å². The first kappa shape index (κ1) is 23.3. The fourth-order valence-corrected chi connectivity index (χ4v) is 3.42. The second-order valence-electron chi connectivity index (χ2n) is 7.22. The summed E-state index contributed by atoms with van der Waals surface area (Å²) in [6.45, 7) is 3.22. The van der Waals surface area contributed by atoms with Gasteiger partial charge in [-0.1, -0.05) is 0 Å². The highest BCUT2D eigenvalue weighted by atomic mass is 16.5. The Bertz CT molecular complexity index is 769. The summed E-state index contributed by atoms with van der Waals surface area (Å²) in [7, 11) is 5.80. The zero-order valence-electron chi connectivity index (χ0n) is 17.7. The molecule has 1 amide bonds. The van der Waals surface area contributed by atoms with Crippen molar-refractivity contribution in [3.63, 3.8) is 0 Å². The maximum absolute atomic E-state index is 13.1. The number of nitrogens with one attached hydrogen (secondary N) is 3. The number of ether oxygens (including phenoxy) is 3. The van der Waals surface area contributed by atoms with Crippen molar-refractivity contribution in [2.75, 3.05) is 59.9 Å².